The molecule has 12 heavy (non-hydrogen) atoms. The highest BCUT2D eigenvalue weighted by Gasteiger charge is 2.10. The fourth-order valence-electron chi connectivity index (χ4n) is 0.932. The first-order valence-electron chi connectivity index (χ1n) is 4.02. The van der Waals surface area contributed by atoms with E-state index in [1.807, 2.05) is 45.0 Å². The van der Waals surface area contributed by atoms with Crippen LogP contribution in [-0.2, 0) is 0 Å². The molecule has 0 saturated carbocycles. The molecule has 0 aromatic heterocycles. The Hall–Kier alpha value is -0.550. The molecule has 0 aliphatic carbocycles. The lowest BCUT2D eigenvalue weighted by Gasteiger charge is -2.21. The quantitative estimate of drug-likeness (QED) is 0.606. The molecule has 1 nitrogen and oxygen atoms in total. The Morgan fingerprint density at radius 3 is 2.42 bits per heavy atom. The molecule has 1 atom stereocenters. The van der Waals surface area contributed by atoms with Crippen molar-refractivity contribution >= 4 is 14.5 Å². The van der Waals surface area contributed by atoms with Gasteiger partial charge in [-0.3, -0.25) is 0 Å². The van der Waals surface area contributed by atoms with Crippen molar-refractivity contribution in [3.63, 3.8) is 0 Å². The molecule has 1 rings (SSSR count). The van der Waals surface area contributed by atoms with Crippen molar-refractivity contribution in [2.24, 2.45) is 0 Å². The Kier molecular flexibility index (Phi) is 2.74. The van der Waals surface area contributed by atoms with Crippen molar-refractivity contribution in [2.75, 3.05) is 0 Å². The lowest BCUT2D eigenvalue weighted by molar-refractivity contribution is 0.131. The van der Waals surface area contributed by atoms with Gasteiger partial charge in [-0.15, -0.1) is 9.24 Å². The molecular weight excluding hydrogens is 167 g/mol. The van der Waals surface area contributed by atoms with E-state index < -0.39 is 0 Å². The van der Waals surface area contributed by atoms with Crippen LogP contribution >= 0.6 is 9.24 Å². The van der Waals surface area contributed by atoms with Gasteiger partial charge in [-0.2, -0.15) is 0 Å². The van der Waals surface area contributed by atoms with Crippen LogP contribution in [0.2, 0.25) is 0 Å². The summed E-state index contributed by atoms with van der Waals surface area (Å²) in [5.41, 5.74) is -0.113. The largest absolute Gasteiger partial charge is 0.488 e. The molecular formula is C10H15OP. The van der Waals surface area contributed by atoms with Crippen LogP contribution in [0.15, 0.2) is 24.3 Å². The summed E-state index contributed by atoms with van der Waals surface area (Å²) in [6, 6.07) is 8.00. The van der Waals surface area contributed by atoms with Crippen molar-refractivity contribution in [3.05, 3.63) is 24.3 Å². The van der Waals surface area contributed by atoms with E-state index in [0.29, 0.717) is 0 Å². The molecule has 1 unspecified atom stereocenters. The summed E-state index contributed by atoms with van der Waals surface area (Å²) in [4.78, 5) is 0. The van der Waals surface area contributed by atoms with E-state index >= 15 is 0 Å². The topological polar surface area (TPSA) is 9.23 Å². The highest BCUT2D eigenvalue weighted by Crippen LogP contribution is 2.16. The third kappa shape index (κ3) is 3.23. The van der Waals surface area contributed by atoms with E-state index in [-0.39, 0.29) is 5.60 Å². The lowest BCUT2D eigenvalue weighted by Crippen LogP contribution is -2.23. The minimum atomic E-state index is -0.113. The molecule has 66 valence electrons. The average molecular weight is 182 g/mol. The Balaban J connectivity index is 2.77. The zero-order chi connectivity index (χ0) is 9.19. The Labute approximate surface area is 76.3 Å². The SMILES string of the molecule is CC(C)(C)Oc1cccc(P)c1. The minimum Gasteiger partial charge on any atom is -0.488 e. The van der Waals surface area contributed by atoms with E-state index in [0.717, 1.165) is 11.1 Å². The molecule has 1 aromatic carbocycles. The molecule has 1 aromatic rings. The summed E-state index contributed by atoms with van der Waals surface area (Å²) in [5.74, 6) is 0.926. The maximum atomic E-state index is 5.67. The van der Waals surface area contributed by atoms with Crippen LogP contribution in [0.5, 0.6) is 5.75 Å². The Morgan fingerprint density at radius 2 is 1.92 bits per heavy atom. The Morgan fingerprint density at radius 1 is 1.25 bits per heavy atom. The molecule has 0 spiro atoms. The van der Waals surface area contributed by atoms with Gasteiger partial charge in [0.05, 0.1) is 0 Å². The predicted molar refractivity (Wildman–Crippen MR) is 56.2 cm³/mol. The average Bonchev–Trinajstić information content (AvgIpc) is 1.82. The van der Waals surface area contributed by atoms with E-state index in [1.165, 1.54) is 0 Å². The van der Waals surface area contributed by atoms with Gasteiger partial charge in [-0.1, -0.05) is 12.1 Å². The molecule has 0 aliphatic rings. The van der Waals surface area contributed by atoms with Gasteiger partial charge in [-0.05, 0) is 38.2 Å². The third-order valence-electron chi connectivity index (χ3n) is 1.28. The van der Waals surface area contributed by atoms with Crippen molar-refractivity contribution in [1.29, 1.82) is 0 Å². The molecule has 0 heterocycles. The first-order chi connectivity index (χ1) is 5.47. The third-order valence-corrected chi connectivity index (χ3v) is 1.64. The molecule has 2 heteroatoms. The molecule has 0 aliphatic heterocycles. The molecule has 0 radical (unpaired) electrons. The summed E-state index contributed by atoms with van der Waals surface area (Å²) in [7, 11) is 2.65. The summed E-state index contributed by atoms with van der Waals surface area (Å²) in [6.07, 6.45) is 0. The van der Waals surface area contributed by atoms with Gasteiger partial charge < -0.3 is 4.74 Å². The number of rotatable bonds is 1. The van der Waals surface area contributed by atoms with Gasteiger partial charge in [0.15, 0.2) is 0 Å². The summed E-state index contributed by atoms with van der Waals surface area (Å²) >= 11 is 0. The second-order valence-corrected chi connectivity index (χ2v) is 4.45. The maximum absolute atomic E-state index is 5.67. The number of hydrogen-bond donors (Lipinski definition) is 0. The van der Waals surface area contributed by atoms with Crippen LogP contribution < -0.4 is 10.0 Å². The van der Waals surface area contributed by atoms with Crippen LogP contribution in [0.25, 0.3) is 0 Å². The van der Waals surface area contributed by atoms with Gasteiger partial charge in [0.2, 0.25) is 0 Å². The van der Waals surface area contributed by atoms with Crippen molar-refractivity contribution in [3.8, 4) is 5.75 Å². The van der Waals surface area contributed by atoms with Crippen LogP contribution in [0.4, 0.5) is 0 Å². The van der Waals surface area contributed by atoms with Crippen molar-refractivity contribution in [1.82, 2.24) is 0 Å². The van der Waals surface area contributed by atoms with Crippen LogP contribution in [0.3, 0.4) is 0 Å². The lowest BCUT2D eigenvalue weighted by atomic mass is 10.2. The first kappa shape index (κ1) is 9.54. The summed E-state index contributed by atoms with van der Waals surface area (Å²) in [6.45, 7) is 6.13. The molecule has 0 amide bonds. The van der Waals surface area contributed by atoms with E-state index in [9.17, 15) is 0 Å². The fourth-order valence-corrected chi connectivity index (χ4v) is 1.21. The summed E-state index contributed by atoms with van der Waals surface area (Å²) < 4.78 is 5.67. The van der Waals surface area contributed by atoms with E-state index in [4.69, 9.17) is 4.74 Å². The predicted octanol–water partition coefficient (Wildman–Crippen LogP) is 2.36. The second-order valence-electron chi connectivity index (χ2n) is 3.79. The first-order valence-corrected chi connectivity index (χ1v) is 4.60. The molecule has 0 bridgehead atoms. The fraction of sp³-hybridized carbons (Fsp3) is 0.400. The number of ether oxygens (including phenoxy) is 1. The van der Waals surface area contributed by atoms with Gasteiger partial charge >= 0.3 is 0 Å². The Bertz CT molecular complexity index is 263. The van der Waals surface area contributed by atoms with Gasteiger partial charge in [0.1, 0.15) is 11.4 Å². The molecule has 0 N–H and O–H groups in total. The minimum absolute atomic E-state index is 0.113. The normalized spacial score (nSPS) is 11.3. The van der Waals surface area contributed by atoms with Gasteiger partial charge in [-0.25, -0.2) is 0 Å². The van der Waals surface area contributed by atoms with Crippen molar-refractivity contribution < 1.29 is 4.74 Å². The van der Waals surface area contributed by atoms with Crippen molar-refractivity contribution in [2.45, 2.75) is 26.4 Å². The zero-order valence-electron chi connectivity index (χ0n) is 7.79. The molecule has 0 saturated heterocycles. The van der Waals surface area contributed by atoms with Crippen LogP contribution in [0.1, 0.15) is 20.8 Å². The van der Waals surface area contributed by atoms with Crippen LogP contribution in [0, 0.1) is 0 Å². The number of hydrogen-bond acceptors (Lipinski definition) is 1. The second kappa shape index (κ2) is 3.45. The van der Waals surface area contributed by atoms with Gasteiger partial charge in [0.25, 0.3) is 0 Å². The molecule has 0 fully saturated rings. The number of benzene rings is 1. The zero-order valence-corrected chi connectivity index (χ0v) is 8.95. The maximum Gasteiger partial charge on any atom is 0.120 e. The van der Waals surface area contributed by atoms with E-state index in [1.54, 1.807) is 0 Å². The van der Waals surface area contributed by atoms with E-state index in [2.05, 4.69) is 9.24 Å². The monoisotopic (exact) mass is 182 g/mol. The van der Waals surface area contributed by atoms with Gasteiger partial charge in [0, 0.05) is 0 Å². The highest BCUT2D eigenvalue weighted by molar-refractivity contribution is 7.27. The van der Waals surface area contributed by atoms with Crippen LogP contribution in [-0.4, -0.2) is 5.60 Å². The summed E-state index contributed by atoms with van der Waals surface area (Å²) in [5, 5.41) is 1.15. The highest BCUT2D eigenvalue weighted by atomic mass is 31.0. The smallest absolute Gasteiger partial charge is 0.120 e. The standard InChI is InChI=1S/C10H15OP/c1-10(2,3)11-8-5-4-6-9(12)7-8/h4-7H,12H2,1-3H3.